The predicted octanol–water partition coefficient (Wildman–Crippen LogP) is 2.12. The maximum Gasteiger partial charge on any atom is 0.260 e. The summed E-state index contributed by atoms with van der Waals surface area (Å²) in [6.45, 7) is 11.4. The molecule has 1 atom stereocenters. The molecule has 1 heterocycles. The molecule has 0 aliphatic rings. The predicted molar refractivity (Wildman–Crippen MR) is 84.2 cm³/mol. The van der Waals surface area contributed by atoms with Crippen molar-refractivity contribution >= 4 is 5.91 Å². The van der Waals surface area contributed by atoms with Crippen molar-refractivity contribution in [1.82, 2.24) is 15.6 Å². The minimum atomic E-state index is -0.523. The number of nitrogens with zero attached hydrogens (tertiary/aromatic N) is 1. The zero-order chi connectivity index (χ0) is 15.8. The SMILES string of the molecule is CC(C)CNC(=O)C(C)Oc1ccc(CNC(C)C)nc1. The van der Waals surface area contributed by atoms with Gasteiger partial charge in [0.15, 0.2) is 6.10 Å². The Kier molecular flexibility index (Phi) is 7.15. The summed E-state index contributed by atoms with van der Waals surface area (Å²) in [6.07, 6.45) is 1.13. The van der Waals surface area contributed by atoms with E-state index in [9.17, 15) is 4.79 Å². The molecule has 0 saturated heterocycles. The maximum absolute atomic E-state index is 11.8. The van der Waals surface area contributed by atoms with Gasteiger partial charge in [0.05, 0.1) is 11.9 Å². The summed E-state index contributed by atoms with van der Waals surface area (Å²) < 4.78 is 5.59. The van der Waals surface area contributed by atoms with Crippen LogP contribution in [0.4, 0.5) is 0 Å². The number of carbonyl (C=O) groups excluding carboxylic acids is 1. The monoisotopic (exact) mass is 293 g/mol. The van der Waals surface area contributed by atoms with Gasteiger partial charge >= 0.3 is 0 Å². The van der Waals surface area contributed by atoms with Crippen molar-refractivity contribution < 1.29 is 9.53 Å². The van der Waals surface area contributed by atoms with E-state index in [0.29, 0.717) is 24.3 Å². The van der Waals surface area contributed by atoms with E-state index in [4.69, 9.17) is 4.74 Å². The lowest BCUT2D eigenvalue weighted by atomic mass is 10.2. The summed E-state index contributed by atoms with van der Waals surface area (Å²) in [5, 5.41) is 6.15. The van der Waals surface area contributed by atoms with Gasteiger partial charge in [0.25, 0.3) is 5.91 Å². The van der Waals surface area contributed by atoms with E-state index in [2.05, 4.69) is 43.3 Å². The Hall–Kier alpha value is -1.62. The van der Waals surface area contributed by atoms with Crippen LogP contribution < -0.4 is 15.4 Å². The van der Waals surface area contributed by atoms with E-state index >= 15 is 0 Å². The van der Waals surface area contributed by atoms with Crippen molar-refractivity contribution in [2.75, 3.05) is 6.54 Å². The summed E-state index contributed by atoms with van der Waals surface area (Å²) in [7, 11) is 0. The molecule has 1 aromatic rings. The van der Waals surface area contributed by atoms with E-state index in [1.54, 1.807) is 13.1 Å². The number of pyridine rings is 1. The van der Waals surface area contributed by atoms with Crippen LogP contribution in [0.15, 0.2) is 18.3 Å². The summed E-state index contributed by atoms with van der Waals surface area (Å²) in [4.78, 5) is 16.1. The van der Waals surface area contributed by atoms with E-state index in [1.165, 1.54) is 0 Å². The van der Waals surface area contributed by atoms with Gasteiger partial charge in [-0.05, 0) is 25.0 Å². The van der Waals surface area contributed by atoms with Gasteiger partial charge in [-0.15, -0.1) is 0 Å². The fourth-order valence-corrected chi connectivity index (χ4v) is 1.60. The molecule has 21 heavy (non-hydrogen) atoms. The van der Waals surface area contributed by atoms with Crippen LogP contribution in [-0.2, 0) is 11.3 Å². The summed E-state index contributed by atoms with van der Waals surface area (Å²) in [5.74, 6) is 0.931. The second-order valence-electron chi connectivity index (χ2n) is 5.92. The quantitative estimate of drug-likeness (QED) is 0.770. The molecule has 0 aromatic carbocycles. The molecule has 0 saturated carbocycles. The van der Waals surface area contributed by atoms with Crippen LogP contribution in [0.5, 0.6) is 5.75 Å². The third-order valence-electron chi connectivity index (χ3n) is 2.86. The van der Waals surface area contributed by atoms with E-state index in [1.807, 2.05) is 12.1 Å². The van der Waals surface area contributed by atoms with Crippen LogP contribution in [0.1, 0.15) is 40.3 Å². The van der Waals surface area contributed by atoms with Crippen molar-refractivity contribution in [3.8, 4) is 5.75 Å². The number of carbonyl (C=O) groups is 1. The molecule has 1 amide bonds. The molecule has 0 radical (unpaired) electrons. The van der Waals surface area contributed by atoms with Crippen LogP contribution in [-0.4, -0.2) is 29.6 Å². The number of rotatable bonds is 8. The van der Waals surface area contributed by atoms with E-state index in [0.717, 1.165) is 12.2 Å². The zero-order valence-electron chi connectivity index (χ0n) is 13.6. The number of aromatic nitrogens is 1. The Bertz CT molecular complexity index is 430. The highest BCUT2D eigenvalue weighted by Gasteiger charge is 2.14. The fourth-order valence-electron chi connectivity index (χ4n) is 1.60. The molecule has 0 fully saturated rings. The number of nitrogens with one attached hydrogen (secondary N) is 2. The Balaban J connectivity index is 2.45. The molecule has 0 spiro atoms. The number of hydrogen-bond donors (Lipinski definition) is 2. The van der Waals surface area contributed by atoms with Crippen molar-refractivity contribution in [1.29, 1.82) is 0 Å². The number of hydrogen-bond acceptors (Lipinski definition) is 4. The van der Waals surface area contributed by atoms with Gasteiger partial charge in [0.2, 0.25) is 0 Å². The highest BCUT2D eigenvalue weighted by molar-refractivity contribution is 5.80. The molecular formula is C16H27N3O2. The molecule has 118 valence electrons. The van der Waals surface area contributed by atoms with Gasteiger partial charge in [-0.25, -0.2) is 0 Å². The lowest BCUT2D eigenvalue weighted by Crippen LogP contribution is -2.38. The van der Waals surface area contributed by atoms with Crippen LogP contribution >= 0.6 is 0 Å². The maximum atomic E-state index is 11.8. The lowest BCUT2D eigenvalue weighted by molar-refractivity contribution is -0.127. The Labute approximate surface area is 127 Å². The van der Waals surface area contributed by atoms with Gasteiger partial charge < -0.3 is 15.4 Å². The van der Waals surface area contributed by atoms with Crippen molar-refractivity contribution in [3.05, 3.63) is 24.0 Å². The normalized spacial score (nSPS) is 12.5. The Morgan fingerprint density at radius 3 is 2.48 bits per heavy atom. The Morgan fingerprint density at radius 2 is 1.95 bits per heavy atom. The van der Waals surface area contributed by atoms with Gasteiger partial charge in [-0.2, -0.15) is 0 Å². The van der Waals surface area contributed by atoms with Gasteiger partial charge in [-0.1, -0.05) is 27.7 Å². The highest BCUT2D eigenvalue weighted by Crippen LogP contribution is 2.11. The summed E-state index contributed by atoms with van der Waals surface area (Å²) in [6, 6.07) is 4.17. The first-order chi connectivity index (χ1) is 9.88. The van der Waals surface area contributed by atoms with Gasteiger partial charge in [0.1, 0.15) is 5.75 Å². The first kappa shape index (κ1) is 17.4. The average Bonchev–Trinajstić information content (AvgIpc) is 2.43. The topological polar surface area (TPSA) is 63.2 Å². The second kappa shape index (κ2) is 8.62. The summed E-state index contributed by atoms with van der Waals surface area (Å²) >= 11 is 0. The standard InChI is InChI=1S/C16H27N3O2/c1-11(2)8-19-16(20)13(5)21-15-7-6-14(18-10-15)9-17-12(3)4/h6-7,10-13,17H,8-9H2,1-5H3,(H,19,20). The molecule has 0 aliphatic heterocycles. The van der Waals surface area contributed by atoms with Crippen LogP contribution in [0, 0.1) is 5.92 Å². The molecule has 1 aromatic heterocycles. The minimum Gasteiger partial charge on any atom is -0.479 e. The smallest absolute Gasteiger partial charge is 0.260 e. The summed E-state index contributed by atoms with van der Waals surface area (Å²) in [5.41, 5.74) is 0.952. The largest absolute Gasteiger partial charge is 0.479 e. The van der Waals surface area contributed by atoms with Crippen molar-refractivity contribution in [2.45, 2.75) is 53.3 Å². The third kappa shape index (κ3) is 7.09. The third-order valence-corrected chi connectivity index (χ3v) is 2.86. The molecular weight excluding hydrogens is 266 g/mol. The molecule has 5 heteroatoms. The van der Waals surface area contributed by atoms with Crippen LogP contribution in [0.25, 0.3) is 0 Å². The highest BCUT2D eigenvalue weighted by atomic mass is 16.5. The lowest BCUT2D eigenvalue weighted by Gasteiger charge is -2.15. The molecule has 5 nitrogen and oxygen atoms in total. The minimum absolute atomic E-state index is 0.103. The van der Waals surface area contributed by atoms with E-state index in [-0.39, 0.29) is 5.91 Å². The molecule has 1 rings (SSSR count). The van der Waals surface area contributed by atoms with Crippen molar-refractivity contribution in [3.63, 3.8) is 0 Å². The Morgan fingerprint density at radius 1 is 1.24 bits per heavy atom. The second-order valence-corrected chi connectivity index (χ2v) is 5.92. The molecule has 0 aliphatic carbocycles. The van der Waals surface area contributed by atoms with E-state index < -0.39 is 6.10 Å². The zero-order valence-corrected chi connectivity index (χ0v) is 13.6. The van der Waals surface area contributed by atoms with Crippen LogP contribution in [0.3, 0.4) is 0 Å². The number of amides is 1. The van der Waals surface area contributed by atoms with Crippen molar-refractivity contribution in [2.24, 2.45) is 5.92 Å². The fraction of sp³-hybridized carbons (Fsp3) is 0.625. The van der Waals surface area contributed by atoms with Gasteiger partial charge in [0, 0.05) is 19.1 Å². The van der Waals surface area contributed by atoms with Crippen LogP contribution in [0.2, 0.25) is 0 Å². The molecule has 1 unspecified atom stereocenters. The average molecular weight is 293 g/mol. The first-order valence-corrected chi connectivity index (χ1v) is 7.51. The number of ether oxygens (including phenoxy) is 1. The molecule has 2 N–H and O–H groups in total. The first-order valence-electron chi connectivity index (χ1n) is 7.51. The molecule has 0 bridgehead atoms. The van der Waals surface area contributed by atoms with Gasteiger partial charge in [-0.3, -0.25) is 9.78 Å².